The van der Waals surface area contributed by atoms with E-state index in [2.05, 4.69) is 29.5 Å². The molecule has 4 N–H and O–H groups in total. The van der Waals surface area contributed by atoms with Crippen molar-refractivity contribution in [1.82, 2.24) is 5.32 Å². The Morgan fingerprint density at radius 3 is 2.65 bits per heavy atom. The van der Waals surface area contributed by atoms with Gasteiger partial charge >= 0.3 is 0 Å². The average Bonchev–Trinajstić information content (AvgIpc) is 2.89. The first-order valence-corrected chi connectivity index (χ1v) is 7.30. The van der Waals surface area contributed by atoms with Gasteiger partial charge < -0.3 is 16.3 Å². The molecule has 1 aromatic carbocycles. The highest BCUT2D eigenvalue weighted by Crippen LogP contribution is 2.17. The minimum Gasteiger partial charge on any atom is -0.409 e. The topological polar surface area (TPSA) is 70.6 Å². The quantitative estimate of drug-likeness (QED) is 0.331. The molecule has 4 nitrogen and oxygen atoms in total. The summed E-state index contributed by atoms with van der Waals surface area (Å²) in [6.07, 6.45) is 0. The molecule has 0 amide bonds. The normalized spacial score (nSPS) is 13.3. The fourth-order valence-corrected chi connectivity index (χ4v) is 2.93. The van der Waals surface area contributed by atoms with Crippen molar-refractivity contribution in [3.05, 3.63) is 57.8 Å². The number of thiophene rings is 1. The smallest absolute Gasteiger partial charge is 0.147 e. The van der Waals surface area contributed by atoms with Gasteiger partial charge in [0.25, 0.3) is 0 Å². The summed E-state index contributed by atoms with van der Waals surface area (Å²) in [5.41, 5.74) is 6.83. The number of amidine groups is 1. The molecule has 0 aliphatic rings. The second kappa shape index (κ2) is 7.07. The van der Waals surface area contributed by atoms with E-state index in [9.17, 15) is 0 Å². The van der Waals surface area contributed by atoms with Crippen molar-refractivity contribution in [2.24, 2.45) is 10.9 Å². The van der Waals surface area contributed by atoms with Crippen LogP contribution in [-0.4, -0.2) is 17.6 Å². The van der Waals surface area contributed by atoms with Crippen LogP contribution in [0.25, 0.3) is 0 Å². The third-order valence-corrected chi connectivity index (χ3v) is 4.12. The van der Waals surface area contributed by atoms with E-state index in [0.717, 1.165) is 12.1 Å². The van der Waals surface area contributed by atoms with E-state index in [0.29, 0.717) is 6.54 Å². The summed E-state index contributed by atoms with van der Waals surface area (Å²) in [6.45, 7) is 3.52. The third-order valence-electron chi connectivity index (χ3n) is 3.12. The van der Waals surface area contributed by atoms with Crippen LogP contribution in [0.4, 0.5) is 0 Å². The zero-order chi connectivity index (χ0) is 14.4. The Kier molecular flexibility index (Phi) is 5.15. The number of nitrogens with two attached hydrogens (primary N) is 1. The van der Waals surface area contributed by atoms with Crippen LogP contribution in [0.5, 0.6) is 0 Å². The molecule has 0 aliphatic carbocycles. The lowest BCUT2D eigenvalue weighted by molar-refractivity contribution is 0.315. The van der Waals surface area contributed by atoms with E-state index in [1.165, 1.54) is 9.75 Å². The minimum absolute atomic E-state index is 0.123. The lowest BCUT2D eigenvalue weighted by Crippen LogP contribution is -2.31. The van der Waals surface area contributed by atoms with Gasteiger partial charge in [0, 0.05) is 22.8 Å². The van der Waals surface area contributed by atoms with Gasteiger partial charge in [-0.25, -0.2) is 0 Å². The maximum absolute atomic E-state index is 8.92. The standard InChI is InChI=1S/C15H19N3OS/c1-11-7-8-13(20-11)9-17-10-14(15(16)18-19)12-5-3-2-4-6-12/h2-8,14,17,19H,9-10H2,1H3,(H2,16,18). The number of nitrogens with one attached hydrogen (secondary N) is 1. The molecule has 0 aliphatic heterocycles. The van der Waals surface area contributed by atoms with Crippen molar-refractivity contribution in [1.29, 1.82) is 0 Å². The molecule has 0 saturated heterocycles. The lowest BCUT2D eigenvalue weighted by atomic mass is 9.98. The number of hydrogen-bond acceptors (Lipinski definition) is 4. The molecular weight excluding hydrogens is 270 g/mol. The van der Waals surface area contributed by atoms with Crippen molar-refractivity contribution >= 4 is 17.2 Å². The van der Waals surface area contributed by atoms with Gasteiger partial charge in [0.05, 0.1) is 5.92 Å². The Balaban J connectivity index is 1.98. The van der Waals surface area contributed by atoms with Crippen LogP contribution >= 0.6 is 11.3 Å². The Bertz CT molecular complexity index is 566. The zero-order valence-electron chi connectivity index (χ0n) is 11.4. The van der Waals surface area contributed by atoms with Crippen LogP contribution in [0.2, 0.25) is 0 Å². The third kappa shape index (κ3) is 3.82. The highest BCUT2D eigenvalue weighted by molar-refractivity contribution is 7.11. The molecule has 1 aromatic heterocycles. The minimum atomic E-state index is -0.123. The van der Waals surface area contributed by atoms with Crippen LogP contribution in [0.15, 0.2) is 47.6 Å². The molecule has 106 valence electrons. The number of rotatable bonds is 6. The van der Waals surface area contributed by atoms with Gasteiger partial charge in [0.2, 0.25) is 0 Å². The van der Waals surface area contributed by atoms with Gasteiger partial charge in [-0.15, -0.1) is 11.3 Å². The van der Waals surface area contributed by atoms with Crippen LogP contribution < -0.4 is 11.1 Å². The number of benzene rings is 1. The molecule has 2 rings (SSSR count). The molecule has 0 spiro atoms. The molecule has 0 radical (unpaired) electrons. The van der Waals surface area contributed by atoms with Crippen LogP contribution in [0.1, 0.15) is 21.2 Å². The van der Waals surface area contributed by atoms with Gasteiger partial charge in [-0.2, -0.15) is 0 Å². The first-order valence-electron chi connectivity index (χ1n) is 6.49. The Labute approximate surface area is 122 Å². The predicted octanol–water partition coefficient (Wildman–Crippen LogP) is 2.68. The Morgan fingerprint density at radius 2 is 2.05 bits per heavy atom. The first-order chi connectivity index (χ1) is 9.70. The molecule has 0 bridgehead atoms. The summed E-state index contributed by atoms with van der Waals surface area (Å²) in [7, 11) is 0. The summed E-state index contributed by atoms with van der Waals surface area (Å²) in [6, 6.07) is 14.1. The van der Waals surface area contributed by atoms with Gasteiger partial charge in [-0.05, 0) is 24.6 Å². The van der Waals surface area contributed by atoms with Crippen molar-refractivity contribution in [3.8, 4) is 0 Å². The van der Waals surface area contributed by atoms with E-state index < -0.39 is 0 Å². The van der Waals surface area contributed by atoms with Crippen LogP contribution in [0, 0.1) is 6.92 Å². The molecule has 1 atom stereocenters. The number of hydrogen-bond donors (Lipinski definition) is 3. The van der Waals surface area contributed by atoms with Crippen molar-refractivity contribution in [2.75, 3.05) is 6.54 Å². The second-order valence-electron chi connectivity index (χ2n) is 4.63. The number of nitrogens with zero attached hydrogens (tertiary/aromatic N) is 1. The summed E-state index contributed by atoms with van der Waals surface area (Å²) < 4.78 is 0. The Morgan fingerprint density at radius 1 is 1.30 bits per heavy atom. The number of aryl methyl sites for hydroxylation is 1. The maximum Gasteiger partial charge on any atom is 0.147 e. The highest BCUT2D eigenvalue weighted by Gasteiger charge is 2.16. The second-order valence-corrected chi connectivity index (χ2v) is 6.00. The molecular formula is C15H19N3OS. The molecule has 20 heavy (non-hydrogen) atoms. The van der Waals surface area contributed by atoms with Gasteiger partial charge in [0.1, 0.15) is 5.84 Å². The van der Waals surface area contributed by atoms with Gasteiger partial charge in [-0.3, -0.25) is 0 Å². The molecule has 5 heteroatoms. The van der Waals surface area contributed by atoms with Crippen LogP contribution in [0.3, 0.4) is 0 Å². The SMILES string of the molecule is Cc1ccc(CNCC(C(N)=NO)c2ccccc2)s1. The van der Waals surface area contributed by atoms with Gasteiger partial charge in [-0.1, -0.05) is 35.5 Å². The van der Waals surface area contributed by atoms with E-state index >= 15 is 0 Å². The largest absolute Gasteiger partial charge is 0.409 e. The number of oxime groups is 1. The predicted molar refractivity (Wildman–Crippen MR) is 83.4 cm³/mol. The first kappa shape index (κ1) is 14.6. The van der Waals surface area contributed by atoms with E-state index in [1.807, 2.05) is 30.3 Å². The zero-order valence-corrected chi connectivity index (χ0v) is 12.2. The molecule has 1 heterocycles. The maximum atomic E-state index is 8.92. The van der Waals surface area contributed by atoms with Crippen molar-refractivity contribution in [2.45, 2.75) is 19.4 Å². The fourth-order valence-electron chi connectivity index (χ4n) is 2.07. The lowest BCUT2D eigenvalue weighted by Gasteiger charge is -2.16. The van der Waals surface area contributed by atoms with Crippen molar-refractivity contribution < 1.29 is 5.21 Å². The van der Waals surface area contributed by atoms with E-state index in [1.54, 1.807) is 11.3 Å². The van der Waals surface area contributed by atoms with Gasteiger partial charge in [0.15, 0.2) is 0 Å². The van der Waals surface area contributed by atoms with Crippen molar-refractivity contribution in [3.63, 3.8) is 0 Å². The van der Waals surface area contributed by atoms with E-state index in [-0.39, 0.29) is 11.8 Å². The monoisotopic (exact) mass is 289 g/mol. The fraction of sp³-hybridized carbons (Fsp3) is 0.267. The average molecular weight is 289 g/mol. The summed E-state index contributed by atoms with van der Waals surface area (Å²) in [4.78, 5) is 2.59. The summed E-state index contributed by atoms with van der Waals surface area (Å²) >= 11 is 1.78. The Hall–Kier alpha value is -1.85. The molecule has 0 saturated carbocycles. The summed E-state index contributed by atoms with van der Waals surface area (Å²) in [5.74, 6) is 0.105. The van der Waals surface area contributed by atoms with E-state index in [4.69, 9.17) is 10.9 Å². The molecule has 0 fully saturated rings. The summed E-state index contributed by atoms with van der Waals surface area (Å²) in [5, 5.41) is 15.4. The molecule has 1 unspecified atom stereocenters. The molecule has 2 aromatic rings. The van der Waals surface area contributed by atoms with Crippen LogP contribution in [-0.2, 0) is 6.54 Å². The highest BCUT2D eigenvalue weighted by atomic mass is 32.1.